The normalized spacial score (nSPS) is 15.1. The molecule has 0 saturated carbocycles. The highest BCUT2D eigenvalue weighted by molar-refractivity contribution is 7.99. The molecule has 0 fully saturated rings. The monoisotopic (exact) mass is 264 g/mol. The molecule has 0 aromatic carbocycles. The number of aliphatic carboxylic acids is 1. The van der Waals surface area contributed by atoms with E-state index in [-0.39, 0.29) is 5.75 Å². The van der Waals surface area contributed by atoms with Gasteiger partial charge in [-0.15, -0.1) is 0 Å². The van der Waals surface area contributed by atoms with Gasteiger partial charge >= 0.3 is 11.9 Å². The smallest absolute Gasteiger partial charge is 0.339 e. The van der Waals surface area contributed by atoms with E-state index in [4.69, 9.17) is 21.3 Å². The minimum Gasteiger partial charge on any atom is -0.479 e. The van der Waals surface area contributed by atoms with Crippen LogP contribution in [0.4, 0.5) is 0 Å². The van der Waals surface area contributed by atoms with Gasteiger partial charge in [-0.3, -0.25) is 0 Å². The van der Waals surface area contributed by atoms with Gasteiger partial charge in [0, 0.05) is 18.1 Å². The predicted molar refractivity (Wildman–Crippen MR) is 66.8 cm³/mol. The molecule has 0 amide bonds. The summed E-state index contributed by atoms with van der Waals surface area (Å²) in [5.74, 6) is -1.85. The van der Waals surface area contributed by atoms with E-state index in [1.54, 1.807) is 20.8 Å². The lowest BCUT2D eigenvalue weighted by Crippen LogP contribution is -2.59. The van der Waals surface area contributed by atoms with Gasteiger partial charge in [-0.2, -0.15) is 11.8 Å². The molecule has 0 heterocycles. The number of hydrogen-bond acceptors (Lipinski definition) is 6. The molecule has 5 N–H and O–H groups in total. The van der Waals surface area contributed by atoms with Crippen LogP contribution in [0.25, 0.3) is 0 Å². The van der Waals surface area contributed by atoms with Gasteiger partial charge < -0.3 is 21.3 Å². The van der Waals surface area contributed by atoms with Crippen molar-refractivity contribution in [1.29, 1.82) is 0 Å². The first-order chi connectivity index (χ1) is 7.63. The lowest BCUT2D eigenvalue weighted by atomic mass is 10.0. The number of carbonyl (C=O) groups excluding carboxylic acids is 1. The van der Waals surface area contributed by atoms with Gasteiger partial charge in [0.2, 0.25) is 5.54 Å². The second-order valence-electron chi connectivity index (χ2n) is 4.62. The van der Waals surface area contributed by atoms with Crippen LogP contribution >= 0.6 is 11.8 Å². The van der Waals surface area contributed by atoms with Crippen molar-refractivity contribution in [2.45, 2.75) is 31.9 Å². The minimum atomic E-state index is -2.02. The summed E-state index contributed by atoms with van der Waals surface area (Å²) in [6, 6.07) is 0. The van der Waals surface area contributed by atoms with Gasteiger partial charge in [0.15, 0.2) is 0 Å². The Bertz CT molecular complexity index is 291. The molecule has 0 aromatic heterocycles. The highest BCUT2D eigenvalue weighted by Crippen LogP contribution is 2.17. The highest BCUT2D eigenvalue weighted by atomic mass is 32.2. The van der Waals surface area contributed by atoms with E-state index in [2.05, 4.69) is 0 Å². The molecule has 100 valence electrons. The number of rotatable bonds is 6. The predicted octanol–water partition coefficient (Wildman–Crippen LogP) is -0.198. The van der Waals surface area contributed by atoms with Crippen LogP contribution in [0.15, 0.2) is 0 Å². The van der Waals surface area contributed by atoms with E-state index in [1.807, 2.05) is 0 Å². The fraction of sp³-hybridized carbons (Fsp3) is 0.800. The van der Waals surface area contributed by atoms with Gasteiger partial charge in [0.1, 0.15) is 5.60 Å². The number of hydrogen-bond donors (Lipinski definition) is 3. The van der Waals surface area contributed by atoms with Crippen LogP contribution in [-0.4, -0.2) is 46.2 Å². The van der Waals surface area contributed by atoms with Crippen molar-refractivity contribution in [2.24, 2.45) is 11.5 Å². The molecule has 0 bridgehead atoms. The maximum Gasteiger partial charge on any atom is 0.339 e. The maximum atomic E-state index is 11.7. The van der Waals surface area contributed by atoms with E-state index in [1.165, 1.54) is 11.8 Å². The Morgan fingerprint density at radius 1 is 1.35 bits per heavy atom. The SMILES string of the molecule is CC(C)(C)OC(=O)[C@](N)(CSCCN)C(=O)O. The molecule has 0 spiro atoms. The van der Waals surface area contributed by atoms with E-state index < -0.39 is 23.1 Å². The number of thioether (sulfide) groups is 1. The Labute approximate surface area is 105 Å². The van der Waals surface area contributed by atoms with Crippen LogP contribution in [0.3, 0.4) is 0 Å². The second kappa shape index (κ2) is 6.23. The number of carboxylic acid groups (broad SMARTS) is 1. The fourth-order valence-electron chi connectivity index (χ4n) is 0.894. The summed E-state index contributed by atoms with van der Waals surface area (Å²) in [4.78, 5) is 22.8. The summed E-state index contributed by atoms with van der Waals surface area (Å²) >= 11 is 1.21. The summed E-state index contributed by atoms with van der Waals surface area (Å²) in [6.07, 6.45) is 0. The van der Waals surface area contributed by atoms with Crippen LogP contribution in [-0.2, 0) is 14.3 Å². The molecule has 0 radical (unpaired) electrons. The Hall–Kier alpha value is -0.790. The lowest BCUT2D eigenvalue weighted by molar-refractivity contribution is -0.167. The zero-order valence-electron chi connectivity index (χ0n) is 10.4. The average Bonchev–Trinajstić information content (AvgIpc) is 2.14. The van der Waals surface area contributed by atoms with Gasteiger partial charge in [-0.05, 0) is 20.8 Å². The minimum absolute atomic E-state index is 0.0611. The molecule has 0 rings (SSSR count). The summed E-state index contributed by atoms with van der Waals surface area (Å²) in [6.45, 7) is 5.36. The average molecular weight is 264 g/mol. The van der Waals surface area contributed by atoms with Crippen LogP contribution < -0.4 is 11.5 Å². The summed E-state index contributed by atoms with van der Waals surface area (Å²) in [7, 11) is 0. The first-order valence-electron chi connectivity index (χ1n) is 5.17. The Kier molecular flexibility index (Phi) is 5.94. The molecule has 0 aliphatic heterocycles. The van der Waals surface area contributed by atoms with Crippen LogP contribution in [0.2, 0.25) is 0 Å². The molecule has 0 unspecified atom stereocenters. The Morgan fingerprint density at radius 2 is 1.88 bits per heavy atom. The van der Waals surface area contributed by atoms with Crippen molar-refractivity contribution in [1.82, 2.24) is 0 Å². The Balaban J connectivity index is 4.70. The zero-order valence-corrected chi connectivity index (χ0v) is 11.2. The van der Waals surface area contributed by atoms with E-state index >= 15 is 0 Å². The largest absolute Gasteiger partial charge is 0.479 e. The van der Waals surface area contributed by atoms with Crippen molar-refractivity contribution in [3.05, 3.63) is 0 Å². The van der Waals surface area contributed by atoms with E-state index in [9.17, 15) is 9.59 Å². The van der Waals surface area contributed by atoms with Crippen molar-refractivity contribution >= 4 is 23.7 Å². The third-order valence-electron chi connectivity index (χ3n) is 1.74. The summed E-state index contributed by atoms with van der Waals surface area (Å²) in [5, 5.41) is 9.03. The molecular formula is C10H20N2O4S. The van der Waals surface area contributed by atoms with Crippen molar-refractivity contribution in [3.8, 4) is 0 Å². The molecular weight excluding hydrogens is 244 g/mol. The van der Waals surface area contributed by atoms with Crippen LogP contribution in [0.1, 0.15) is 20.8 Å². The second-order valence-corrected chi connectivity index (χ2v) is 5.72. The molecule has 6 nitrogen and oxygen atoms in total. The van der Waals surface area contributed by atoms with Gasteiger partial charge in [-0.1, -0.05) is 0 Å². The van der Waals surface area contributed by atoms with Gasteiger partial charge in [0.05, 0.1) is 0 Å². The third-order valence-corrected chi connectivity index (χ3v) is 2.92. The summed E-state index contributed by atoms with van der Waals surface area (Å²) < 4.78 is 5.01. The van der Waals surface area contributed by atoms with Crippen LogP contribution in [0, 0.1) is 0 Å². The number of nitrogens with two attached hydrogens (primary N) is 2. The standard InChI is InChI=1S/C10H20N2O4S/c1-9(2,3)16-8(15)10(12,7(13)14)6-17-5-4-11/h4-6,11-12H2,1-3H3,(H,13,14)/t10-/m0/s1. The maximum absolute atomic E-state index is 11.7. The quantitative estimate of drug-likeness (QED) is 0.345. The highest BCUT2D eigenvalue weighted by Gasteiger charge is 2.45. The number of carbonyl (C=O) groups is 2. The molecule has 0 aliphatic rings. The summed E-state index contributed by atoms with van der Waals surface area (Å²) in [5.41, 5.74) is 8.09. The number of esters is 1. The first-order valence-corrected chi connectivity index (χ1v) is 6.32. The fourth-order valence-corrected chi connectivity index (χ4v) is 1.77. The molecule has 17 heavy (non-hydrogen) atoms. The third kappa shape index (κ3) is 5.38. The van der Waals surface area contributed by atoms with Crippen molar-refractivity contribution in [2.75, 3.05) is 18.1 Å². The van der Waals surface area contributed by atoms with E-state index in [0.717, 1.165) is 0 Å². The molecule has 7 heteroatoms. The molecule has 0 saturated heterocycles. The van der Waals surface area contributed by atoms with Crippen LogP contribution in [0.5, 0.6) is 0 Å². The first kappa shape index (κ1) is 16.2. The number of ether oxygens (including phenoxy) is 1. The van der Waals surface area contributed by atoms with Gasteiger partial charge in [-0.25, -0.2) is 9.59 Å². The number of carboxylic acids is 1. The van der Waals surface area contributed by atoms with Crippen molar-refractivity contribution in [3.63, 3.8) is 0 Å². The molecule has 0 aromatic rings. The lowest BCUT2D eigenvalue weighted by Gasteiger charge is -2.27. The molecule has 1 atom stereocenters. The van der Waals surface area contributed by atoms with Gasteiger partial charge in [0.25, 0.3) is 0 Å². The Morgan fingerprint density at radius 3 is 2.24 bits per heavy atom. The van der Waals surface area contributed by atoms with E-state index in [0.29, 0.717) is 12.3 Å². The molecule has 0 aliphatic carbocycles. The van der Waals surface area contributed by atoms with Crippen molar-refractivity contribution < 1.29 is 19.4 Å². The zero-order chi connectivity index (χ0) is 13.7. The topological polar surface area (TPSA) is 116 Å².